The minimum atomic E-state index is -2.10. The first-order chi connectivity index (χ1) is 31.2. The minimum Gasteiger partial charge on any atom is -0.481 e. The molecule has 12 atom stereocenters. The topological polar surface area (TPSA) is 247 Å². The van der Waals surface area contributed by atoms with Crippen LogP contribution < -0.4 is 21.3 Å². The molecule has 0 radical (unpaired) electrons. The van der Waals surface area contributed by atoms with E-state index in [4.69, 9.17) is 14.6 Å². The van der Waals surface area contributed by atoms with Gasteiger partial charge in [-0.25, -0.2) is 4.39 Å². The molecule has 4 amide bonds. The van der Waals surface area contributed by atoms with E-state index >= 15 is 4.39 Å². The Hall–Kier alpha value is -4.92. The number of aliphatic carboxylic acids is 1. The Labute approximate surface area is 390 Å². The summed E-state index contributed by atoms with van der Waals surface area (Å²) in [5.41, 5.74) is -4.30. The number of allylic oxidation sites excluding steroid dienone is 4. The van der Waals surface area contributed by atoms with Gasteiger partial charge in [0, 0.05) is 50.8 Å². The summed E-state index contributed by atoms with van der Waals surface area (Å²) in [5.74, 6) is -5.40. The van der Waals surface area contributed by atoms with Crippen molar-refractivity contribution in [3.05, 3.63) is 77.9 Å². The fourth-order valence-electron chi connectivity index (χ4n) is 10.9. The number of aliphatic hydroxyl groups is 2. The summed E-state index contributed by atoms with van der Waals surface area (Å²) in [6, 6.07) is 12.4. The van der Waals surface area contributed by atoms with Gasteiger partial charge in [0.05, 0.1) is 23.9 Å². The van der Waals surface area contributed by atoms with Crippen LogP contribution in [0.15, 0.2) is 82.1 Å². The number of alkyl halides is 1. The highest BCUT2D eigenvalue weighted by atomic mass is 32.2. The Morgan fingerprint density at radius 2 is 1.68 bits per heavy atom. The summed E-state index contributed by atoms with van der Waals surface area (Å²) in [4.78, 5) is 88.6. The van der Waals surface area contributed by atoms with Crippen molar-refractivity contribution in [2.75, 3.05) is 18.5 Å². The van der Waals surface area contributed by atoms with Gasteiger partial charge in [0.1, 0.15) is 18.7 Å². The predicted molar refractivity (Wildman–Crippen MR) is 241 cm³/mol. The summed E-state index contributed by atoms with van der Waals surface area (Å²) in [5, 5.41) is 40.1. The first-order valence-corrected chi connectivity index (χ1v) is 23.2. The van der Waals surface area contributed by atoms with Crippen molar-refractivity contribution in [2.24, 2.45) is 22.7 Å². The molecule has 0 spiro atoms. The molecule has 5 aliphatic rings. The largest absolute Gasteiger partial charge is 0.481 e. The summed E-state index contributed by atoms with van der Waals surface area (Å²) in [6.07, 6.45) is 1.48. The molecule has 4 aliphatic carbocycles. The lowest BCUT2D eigenvalue weighted by molar-refractivity contribution is -0.231. The van der Waals surface area contributed by atoms with Gasteiger partial charge >= 0.3 is 5.97 Å². The van der Waals surface area contributed by atoms with Crippen molar-refractivity contribution in [1.82, 2.24) is 16.0 Å². The molecule has 1 saturated heterocycles. The molecule has 3 saturated carbocycles. The maximum atomic E-state index is 17.7. The number of amides is 4. The molecule has 354 valence electrons. The normalized spacial score (nSPS) is 32.0. The third kappa shape index (κ3) is 8.85. The number of nitrogens with one attached hydrogen (secondary N) is 4. The van der Waals surface area contributed by atoms with E-state index in [0.717, 1.165) is 9.79 Å². The van der Waals surface area contributed by atoms with Crippen molar-refractivity contribution in [1.29, 1.82) is 0 Å². The van der Waals surface area contributed by atoms with Gasteiger partial charge in [-0.2, -0.15) is 12.6 Å². The molecule has 2 aromatic rings. The molecule has 16 nitrogen and oxygen atoms in total. The first-order valence-electron chi connectivity index (χ1n) is 21.9. The molecule has 1 aliphatic heterocycles. The molecule has 19 heteroatoms. The Balaban J connectivity index is 0.938. The van der Waals surface area contributed by atoms with E-state index in [9.17, 15) is 43.8 Å². The van der Waals surface area contributed by atoms with Gasteiger partial charge in [-0.3, -0.25) is 33.6 Å². The number of halogens is 1. The van der Waals surface area contributed by atoms with Crippen LogP contribution >= 0.6 is 24.4 Å². The second-order valence-corrected chi connectivity index (χ2v) is 20.0. The zero-order valence-electron chi connectivity index (χ0n) is 36.9. The number of anilines is 1. The first kappa shape index (κ1) is 49.0. The maximum absolute atomic E-state index is 17.7. The van der Waals surface area contributed by atoms with Gasteiger partial charge in [-0.15, -0.1) is 0 Å². The quantitative estimate of drug-likeness (QED) is 0.112. The second kappa shape index (κ2) is 19.0. The average molecular weight is 951 g/mol. The average Bonchev–Trinajstić information content (AvgIpc) is 3.77. The van der Waals surface area contributed by atoms with E-state index < -0.39 is 118 Å². The van der Waals surface area contributed by atoms with Gasteiger partial charge in [0.15, 0.2) is 29.1 Å². The third-order valence-corrected chi connectivity index (χ3v) is 15.7. The summed E-state index contributed by atoms with van der Waals surface area (Å²) >= 11 is 5.33. The molecule has 1 unspecified atom stereocenters. The summed E-state index contributed by atoms with van der Waals surface area (Å²) in [6.45, 7) is 5.58. The van der Waals surface area contributed by atoms with Crippen LogP contribution in [0.1, 0.15) is 78.1 Å². The van der Waals surface area contributed by atoms with E-state index in [-0.39, 0.29) is 31.6 Å². The molecule has 0 bridgehead atoms. The molecule has 2 aromatic carbocycles. The Kier molecular flexibility index (Phi) is 14.1. The van der Waals surface area contributed by atoms with Gasteiger partial charge < -0.3 is 46.1 Å². The number of thiol groups is 1. The highest BCUT2D eigenvalue weighted by Crippen LogP contribution is 2.72. The fraction of sp³-hybridized carbons (Fsp3) is 0.511. The van der Waals surface area contributed by atoms with Crippen molar-refractivity contribution in [2.45, 2.75) is 123 Å². The molecular weight excluding hydrogens is 896 g/mol. The summed E-state index contributed by atoms with van der Waals surface area (Å²) < 4.78 is 30.9. The number of aliphatic hydroxyl groups excluding tert-OH is 2. The van der Waals surface area contributed by atoms with E-state index in [1.807, 2.05) is 25.1 Å². The zero-order chi connectivity index (χ0) is 47.9. The Morgan fingerprint density at radius 3 is 2.38 bits per heavy atom. The lowest BCUT2D eigenvalue weighted by Crippen LogP contribution is -2.69. The van der Waals surface area contributed by atoms with Crippen LogP contribution in [-0.4, -0.2) is 110 Å². The predicted octanol–water partition coefficient (Wildman–Crippen LogP) is 3.76. The Bertz CT molecular complexity index is 2370. The second-order valence-electron chi connectivity index (χ2n) is 18.3. The van der Waals surface area contributed by atoms with Gasteiger partial charge in [0.2, 0.25) is 23.6 Å². The van der Waals surface area contributed by atoms with E-state index in [0.29, 0.717) is 29.7 Å². The lowest BCUT2D eigenvalue weighted by atomic mass is 9.44. The number of carbonyl (C=O) groups excluding carboxylic acids is 6. The fourth-order valence-corrected chi connectivity index (χ4v) is 12.0. The number of fused-ring (bicyclic) bond motifs is 7. The SMILES string of the molecule is C[C@H](NC(=O)CCNC(=O)C(S)CC(=O)O)C(=O)N[C@@H](C)C(=O)Nc1cccc(Sc2ccc([C@@H]3O[C@@H]4C[C@H]5[C@@H]6CCC7=CC(=O)C=C[C@]7(C)[C@@]6(F)[C@@H](O)C[C@]5(C)[C@]4(C(=O)CO)O3)cc2)c1. The monoisotopic (exact) mass is 950 g/mol. The van der Waals surface area contributed by atoms with Crippen LogP contribution in [0.5, 0.6) is 0 Å². The van der Waals surface area contributed by atoms with Crippen LogP contribution in [0.4, 0.5) is 10.1 Å². The Morgan fingerprint density at radius 1 is 0.970 bits per heavy atom. The molecule has 7 N–H and O–H groups in total. The number of hydrogen-bond donors (Lipinski definition) is 8. The minimum absolute atomic E-state index is 0.0964. The number of carboxylic acid groups (broad SMARTS) is 1. The molecule has 1 heterocycles. The van der Waals surface area contributed by atoms with Crippen LogP contribution in [-0.2, 0) is 43.0 Å². The van der Waals surface area contributed by atoms with Gasteiger partial charge in [-0.1, -0.05) is 48.5 Å². The summed E-state index contributed by atoms with van der Waals surface area (Å²) in [7, 11) is 0. The number of carbonyl (C=O) groups is 7. The highest BCUT2D eigenvalue weighted by Gasteiger charge is 2.79. The number of hydrogen-bond acceptors (Lipinski definition) is 13. The van der Waals surface area contributed by atoms with Crippen molar-refractivity contribution >= 4 is 71.2 Å². The van der Waals surface area contributed by atoms with E-state index in [1.54, 1.807) is 43.3 Å². The van der Waals surface area contributed by atoms with Crippen LogP contribution in [0.2, 0.25) is 0 Å². The van der Waals surface area contributed by atoms with Crippen LogP contribution in [0.3, 0.4) is 0 Å². The molecular formula is C47H55FN4O12S2. The smallest absolute Gasteiger partial charge is 0.304 e. The van der Waals surface area contributed by atoms with Crippen LogP contribution in [0.25, 0.3) is 0 Å². The van der Waals surface area contributed by atoms with Gasteiger partial charge in [0.25, 0.3) is 0 Å². The molecule has 0 aromatic heterocycles. The van der Waals surface area contributed by atoms with Crippen molar-refractivity contribution in [3.63, 3.8) is 0 Å². The van der Waals surface area contributed by atoms with E-state index in [2.05, 4.69) is 33.9 Å². The molecule has 4 fully saturated rings. The van der Waals surface area contributed by atoms with Gasteiger partial charge in [-0.05, 0) is 94.9 Å². The standard InChI is InChI=1S/C47H55FN4O12S2/c1-24(50-38(57)15-17-49-42(62)34(65)21-39(58)59)40(60)51-25(2)41(61)52-28-6-5-7-31(19-28)66-30-11-8-26(9-12-30)43-63-37-20-33-32-13-10-27-18-29(54)14-16-44(27,3)46(32,48)35(55)22-45(33,4)47(37,64-43)36(56)23-53/h5-9,11-12,14,16,18-19,24-25,32-35,37,43,53,55,65H,10,13,15,17,20-23H2,1-4H3,(H,49,62)(H,50,57)(H,51,60)(H,52,61)(H,58,59)/t24-,25-,32-,33-,34?,35-,37+,43+,44-,45-,46-,47+/m0/s1. The number of rotatable bonds is 16. The van der Waals surface area contributed by atoms with Crippen LogP contribution in [0, 0.1) is 22.7 Å². The molecule has 7 rings (SSSR count). The number of Topliss-reactive ketones (excluding diaryl/α,β-unsaturated/α-hetero) is 1. The zero-order valence-corrected chi connectivity index (χ0v) is 38.6. The number of ketones is 2. The number of carboxylic acids is 1. The lowest BCUT2D eigenvalue weighted by Gasteiger charge is -2.62. The van der Waals surface area contributed by atoms with Crippen molar-refractivity contribution < 1.29 is 62.7 Å². The van der Waals surface area contributed by atoms with Crippen molar-refractivity contribution in [3.8, 4) is 0 Å². The number of benzene rings is 2. The highest BCUT2D eigenvalue weighted by molar-refractivity contribution is 7.99. The third-order valence-electron chi connectivity index (χ3n) is 14.3. The van der Waals surface area contributed by atoms with E-state index in [1.165, 1.54) is 37.8 Å². The molecule has 66 heavy (non-hydrogen) atoms. The maximum Gasteiger partial charge on any atom is 0.304 e. The number of ether oxygens (including phenoxy) is 2.